The fourth-order valence-electron chi connectivity index (χ4n) is 1.79. The lowest BCUT2D eigenvalue weighted by atomic mass is 10.1. The number of esters is 1. The lowest BCUT2D eigenvalue weighted by molar-refractivity contribution is 0.0600. The number of benzene rings is 2. The quantitative estimate of drug-likeness (QED) is 0.785. The van der Waals surface area contributed by atoms with Crippen molar-refractivity contribution in [1.29, 1.82) is 0 Å². The number of ether oxygens (including phenoxy) is 2. The van der Waals surface area contributed by atoms with Gasteiger partial charge in [-0.15, -0.1) is 0 Å². The van der Waals surface area contributed by atoms with Gasteiger partial charge >= 0.3 is 5.97 Å². The number of para-hydroxylation sites is 1. The van der Waals surface area contributed by atoms with Gasteiger partial charge in [-0.3, -0.25) is 0 Å². The normalized spacial score (nSPS) is 10.1. The van der Waals surface area contributed by atoms with E-state index in [0.29, 0.717) is 18.6 Å². The van der Waals surface area contributed by atoms with Gasteiger partial charge in [0.15, 0.2) is 0 Å². The number of carbonyl (C=O) groups excluding carboxylic acids is 1. The summed E-state index contributed by atoms with van der Waals surface area (Å²) in [6, 6.07) is 13.7. The first-order chi connectivity index (χ1) is 9.70. The first kappa shape index (κ1) is 14.1. The summed E-state index contributed by atoms with van der Waals surface area (Å²) in [6.07, 6.45) is 0.433. The summed E-state index contributed by atoms with van der Waals surface area (Å²) in [4.78, 5) is 11.3. The third kappa shape index (κ3) is 3.57. The molecular formula is C16H15FO3. The molecule has 2 rings (SSSR count). The molecule has 0 saturated heterocycles. The zero-order chi connectivity index (χ0) is 14.4. The van der Waals surface area contributed by atoms with Crippen LogP contribution in [0.15, 0.2) is 48.5 Å². The number of halogens is 1. The van der Waals surface area contributed by atoms with Gasteiger partial charge in [-0.2, -0.15) is 0 Å². The lowest BCUT2D eigenvalue weighted by Gasteiger charge is -2.07. The molecule has 0 heterocycles. The number of rotatable bonds is 5. The Morgan fingerprint density at radius 1 is 1.15 bits per heavy atom. The fourth-order valence-corrected chi connectivity index (χ4v) is 1.79. The minimum atomic E-state index is -0.545. The van der Waals surface area contributed by atoms with Crippen LogP contribution < -0.4 is 4.74 Å². The molecule has 0 aliphatic rings. The Morgan fingerprint density at radius 3 is 2.55 bits per heavy atom. The first-order valence-corrected chi connectivity index (χ1v) is 6.25. The zero-order valence-corrected chi connectivity index (χ0v) is 11.1. The van der Waals surface area contributed by atoms with Crippen LogP contribution in [0.2, 0.25) is 0 Å². The molecule has 0 radical (unpaired) electrons. The maximum absolute atomic E-state index is 13.8. The van der Waals surface area contributed by atoms with E-state index in [2.05, 4.69) is 4.74 Å². The van der Waals surface area contributed by atoms with Gasteiger partial charge in [-0.05, 0) is 29.8 Å². The van der Waals surface area contributed by atoms with Crippen LogP contribution in [0.3, 0.4) is 0 Å². The second kappa shape index (κ2) is 6.70. The van der Waals surface area contributed by atoms with Crippen molar-refractivity contribution >= 4 is 5.97 Å². The summed E-state index contributed by atoms with van der Waals surface area (Å²) >= 11 is 0. The van der Waals surface area contributed by atoms with Crippen LogP contribution in [0.5, 0.6) is 5.75 Å². The highest BCUT2D eigenvalue weighted by molar-refractivity contribution is 5.89. The molecule has 0 aliphatic heterocycles. The van der Waals surface area contributed by atoms with Crippen LogP contribution in [0, 0.1) is 5.82 Å². The van der Waals surface area contributed by atoms with Crippen molar-refractivity contribution in [2.24, 2.45) is 0 Å². The average molecular weight is 274 g/mol. The Kier molecular flexibility index (Phi) is 4.71. The lowest BCUT2D eigenvalue weighted by Crippen LogP contribution is -2.06. The highest BCUT2D eigenvalue weighted by Crippen LogP contribution is 2.14. The van der Waals surface area contributed by atoms with E-state index in [1.165, 1.54) is 13.2 Å². The molecule has 0 fully saturated rings. The summed E-state index contributed by atoms with van der Waals surface area (Å²) in [5.74, 6) is -0.223. The van der Waals surface area contributed by atoms with Gasteiger partial charge < -0.3 is 9.47 Å². The van der Waals surface area contributed by atoms with Gasteiger partial charge in [0.1, 0.15) is 11.6 Å². The van der Waals surface area contributed by atoms with E-state index in [-0.39, 0.29) is 5.56 Å². The fraction of sp³-hybridized carbons (Fsp3) is 0.188. The van der Waals surface area contributed by atoms with Gasteiger partial charge in [0.25, 0.3) is 0 Å². The molecule has 4 heteroatoms. The number of methoxy groups -OCH3 is 1. The van der Waals surface area contributed by atoms with E-state index in [1.807, 2.05) is 30.3 Å². The van der Waals surface area contributed by atoms with Crippen molar-refractivity contribution in [3.8, 4) is 5.75 Å². The van der Waals surface area contributed by atoms with E-state index < -0.39 is 11.8 Å². The zero-order valence-electron chi connectivity index (χ0n) is 11.1. The predicted octanol–water partition coefficient (Wildman–Crippen LogP) is 3.23. The van der Waals surface area contributed by atoms with Gasteiger partial charge in [0.05, 0.1) is 19.3 Å². The topological polar surface area (TPSA) is 35.5 Å². The van der Waals surface area contributed by atoms with E-state index in [9.17, 15) is 9.18 Å². The molecule has 0 N–H and O–H groups in total. The molecule has 0 aromatic heterocycles. The monoisotopic (exact) mass is 274 g/mol. The molecule has 0 atom stereocenters. The summed E-state index contributed by atoms with van der Waals surface area (Å²) in [6.45, 7) is 0.374. The molecule has 20 heavy (non-hydrogen) atoms. The van der Waals surface area contributed by atoms with Crippen molar-refractivity contribution in [2.45, 2.75) is 6.42 Å². The second-order valence-electron chi connectivity index (χ2n) is 4.21. The Labute approximate surface area is 117 Å². The largest absolute Gasteiger partial charge is 0.493 e. The van der Waals surface area contributed by atoms with Gasteiger partial charge in [0, 0.05) is 6.42 Å². The third-order valence-electron chi connectivity index (χ3n) is 2.86. The van der Waals surface area contributed by atoms with Crippen LogP contribution >= 0.6 is 0 Å². The molecule has 0 aliphatic carbocycles. The minimum Gasteiger partial charge on any atom is -0.493 e. The Balaban J connectivity index is 1.95. The molecule has 2 aromatic carbocycles. The first-order valence-electron chi connectivity index (χ1n) is 6.25. The van der Waals surface area contributed by atoms with Crippen LogP contribution in [-0.4, -0.2) is 19.7 Å². The Morgan fingerprint density at radius 2 is 1.90 bits per heavy atom. The van der Waals surface area contributed by atoms with Crippen LogP contribution in [0.1, 0.15) is 15.9 Å². The minimum absolute atomic E-state index is 0.206. The van der Waals surface area contributed by atoms with Crippen molar-refractivity contribution in [3.63, 3.8) is 0 Å². The van der Waals surface area contributed by atoms with Crippen molar-refractivity contribution < 1.29 is 18.7 Å². The summed E-state index contributed by atoms with van der Waals surface area (Å²) in [7, 11) is 1.27. The highest BCUT2D eigenvalue weighted by Gasteiger charge is 2.09. The van der Waals surface area contributed by atoms with Gasteiger partial charge in [-0.1, -0.05) is 24.3 Å². The summed E-state index contributed by atoms with van der Waals surface area (Å²) in [5.41, 5.74) is 0.714. The maximum Gasteiger partial charge on any atom is 0.337 e. The molecule has 2 aromatic rings. The van der Waals surface area contributed by atoms with Crippen LogP contribution in [0.25, 0.3) is 0 Å². The van der Waals surface area contributed by atoms with E-state index in [4.69, 9.17) is 4.74 Å². The van der Waals surface area contributed by atoms with Crippen LogP contribution in [0.4, 0.5) is 4.39 Å². The van der Waals surface area contributed by atoms with Gasteiger partial charge in [-0.25, -0.2) is 9.18 Å². The molecule has 104 valence electrons. The van der Waals surface area contributed by atoms with E-state index in [1.54, 1.807) is 12.1 Å². The smallest absolute Gasteiger partial charge is 0.337 e. The van der Waals surface area contributed by atoms with E-state index in [0.717, 1.165) is 5.75 Å². The molecular weight excluding hydrogens is 259 g/mol. The van der Waals surface area contributed by atoms with Gasteiger partial charge in [0.2, 0.25) is 0 Å². The van der Waals surface area contributed by atoms with Crippen LogP contribution in [-0.2, 0) is 11.2 Å². The molecule has 0 spiro atoms. The number of hydrogen-bond acceptors (Lipinski definition) is 3. The summed E-state index contributed by atoms with van der Waals surface area (Å²) < 4.78 is 23.9. The molecule has 0 amide bonds. The van der Waals surface area contributed by atoms with Crippen molar-refractivity contribution in [2.75, 3.05) is 13.7 Å². The van der Waals surface area contributed by atoms with Crippen molar-refractivity contribution in [1.82, 2.24) is 0 Å². The Hall–Kier alpha value is -2.36. The number of hydrogen-bond donors (Lipinski definition) is 0. The second-order valence-corrected chi connectivity index (χ2v) is 4.21. The standard InChI is InChI=1S/C16H15FO3/c1-19-16(18)13-8-7-12(15(17)11-13)9-10-20-14-5-3-2-4-6-14/h2-8,11H,9-10H2,1H3. The maximum atomic E-state index is 13.8. The molecule has 0 saturated carbocycles. The summed E-state index contributed by atoms with van der Waals surface area (Å²) in [5, 5.41) is 0. The molecule has 0 bridgehead atoms. The van der Waals surface area contributed by atoms with Crippen molar-refractivity contribution in [3.05, 3.63) is 65.5 Å². The SMILES string of the molecule is COC(=O)c1ccc(CCOc2ccccc2)c(F)c1. The Bertz CT molecular complexity index is 582. The highest BCUT2D eigenvalue weighted by atomic mass is 19.1. The molecule has 0 unspecified atom stereocenters. The number of carbonyl (C=O) groups is 1. The molecule has 3 nitrogen and oxygen atoms in total. The average Bonchev–Trinajstić information content (AvgIpc) is 2.49. The van der Waals surface area contributed by atoms with E-state index >= 15 is 0 Å². The predicted molar refractivity (Wildman–Crippen MR) is 73.4 cm³/mol. The third-order valence-corrected chi connectivity index (χ3v) is 2.86.